The Bertz CT molecular complexity index is 1340. The Morgan fingerprint density at radius 3 is 1.00 bits per heavy atom. The van der Waals surface area contributed by atoms with Crippen LogP contribution in [0.4, 0.5) is 0 Å². The summed E-state index contributed by atoms with van der Waals surface area (Å²) in [5.74, 6) is 2.39. The van der Waals surface area contributed by atoms with Crippen molar-refractivity contribution in [3.63, 3.8) is 0 Å². The first-order valence-corrected chi connectivity index (χ1v) is 22.5. The second-order valence-electron chi connectivity index (χ2n) is 12.5. The summed E-state index contributed by atoms with van der Waals surface area (Å²) in [4.78, 5) is 2.95. The van der Waals surface area contributed by atoms with E-state index in [0.29, 0.717) is 0 Å². The quantitative estimate of drug-likeness (QED) is 0.109. The van der Waals surface area contributed by atoms with E-state index in [1.165, 1.54) is 76.5 Å². The fourth-order valence-electron chi connectivity index (χ4n) is 4.75. The molecule has 0 amide bonds. The summed E-state index contributed by atoms with van der Waals surface area (Å²) in [7, 11) is -2.20. The van der Waals surface area contributed by atoms with Gasteiger partial charge >= 0.3 is 0 Å². The molecule has 0 aromatic heterocycles. The number of hydrogen-bond acceptors (Lipinski definition) is 2. The minimum atomic E-state index is -1.10. The summed E-state index contributed by atoms with van der Waals surface area (Å²) >= 11 is 4.19. The minimum Gasteiger partial charge on any atom is -0.125 e. The number of hydrogen-bond donors (Lipinski definition) is 0. The molecule has 0 radical (unpaired) electrons. The first kappa shape index (κ1) is 25.9. The summed E-state index contributed by atoms with van der Waals surface area (Å²) in [6.45, 7) is 14.9. The molecule has 36 heavy (non-hydrogen) atoms. The number of fused-ring (bicyclic) bond motifs is 4. The lowest BCUT2D eigenvalue weighted by Gasteiger charge is -2.21. The molecule has 5 aromatic carbocycles. The lowest BCUT2D eigenvalue weighted by atomic mass is 9.97. The van der Waals surface area contributed by atoms with E-state index >= 15 is 0 Å². The van der Waals surface area contributed by atoms with Crippen molar-refractivity contribution < 1.29 is 0 Å². The highest BCUT2D eigenvalue weighted by molar-refractivity contribution is 8.00. The normalized spacial score (nSPS) is 12.8. The smallest absolute Gasteiger partial charge is 0.0450 e. The first-order valence-electron chi connectivity index (χ1n) is 13.2. The van der Waals surface area contributed by atoms with Gasteiger partial charge in [-0.3, -0.25) is 0 Å². The molecule has 0 aliphatic rings. The number of benzene rings is 5. The third-order valence-electron chi connectivity index (χ3n) is 6.95. The second kappa shape index (κ2) is 10.2. The molecular formula is C32H38S2Si2. The van der Waals surface area contributed by atoms with E-state index in [1.54, 1.807) is 0 Å². The Kier molecular flexibility index (Phi) is 7.34. The zero-order chi connectivity index (χ0) is 25.5. The lowest BCUT2D eigenvalue weighted by molar-refractivity contribution is 1.36. The molecule has 0 aliphatic heterocycles. The van der Waals surface area contributed by atoms with Gasteiger partial charge in [0.15, 0.2) is 0 Å². The highest BCUT2D eigenvalue weighted by atomic mass is 32.2. The van der Waals surface area contributed by atoms with Crippen LogP contribution in [-0.2, 0) is 0 Å². The van der Waals surface area contributed by atoms with Gasteiger partial charge in [-0.2, -0.15) is 0 Å². The molecule has 0 aliphatic carbocycles. The van der Waals surface area contributed by atoms with E-state index in [4.69, 9.17) is 0 Å². The molecule has 0 heterocycles. The van der Waals surface area contributed by atoms with Crippen molar-refractivity contribution in [2.45, 2.75) is 61.2 Å². The highest BCUT2D eigenvalue weighted by Crippen LogP contribution is 2.46. The van der Waals surface area contributed by atoms with Crippen molar-refractivity contribution in [2.75, 3.05) is 11.5 Å². The van der Waals surface area contributed by atoms with Crippen LogP contribution in [0.25, 0.3) is 43.1 Å². The molecule has 4 heteroatoms. The molecule has 5 aromatic rings. The Balaban J connectivity index is 1.79. The molecular weight excluding hydrogens is 505 g/mol. The second-order valence-corrected chi connectivity index (χ2v) is 25.9. The van der Waals surface area contributed by atoms with Crippen LogP contribution in [0.1, 0.15) is 0 Å². The highest BCUT2D eigenvalue weighted by Gasteiger charge is 2.20. The van der Waals surface area contributed by atoms with Crippen molar-refractivity contribution in [3.05, 3.63) is 72.8 Å². The van der Waals surface area contributed by atoms with Crippen molar-refractivity contribution in [1.82, 2.24) is 0 Å². The fraction of sp³-hybridized carbons (Fsp3) is 0.312. The molecule has 186 valence electrons. The van der Waals surface area contributed by atoms with Gasteiger partial charge in [-0.1, -0.05) is 87.8 Å². The van der Waals surface area contributed by atoms with Gasteiger partial charge in [0, 0.05) is 25.9 Å². The van der Waals surface area contributed by atoms with Crippen LogP contribution >= 0.6 is 23.5 Å². The Hall–Kier alpha value is -1.73. The van der Waals surface area contributed by atoms with Crippen LogP contribution < -0.4 is 0 Å². The molecule has 0 saturated heterocycles. The van der Waals surface area contributed by atoms with Crippen LogP contribution in [0.3, 0.4) is 0 Å². The van der Waals surface area contributed by atoms with Gasteiger partial charge in [0.1, 0.15) is 0 Å². The zero-order valence-corrected chi connectivity index (χ0v) is 26.2. The SMILES string of the molecule is C[Si](C)(C)CCSc1c2cc3ccccc3cc2c(SCC[Si](C)(C)C)c2cc3ccccc3cc12. The lowest BCUT2D eigenvalue weighted by Crippen LogP contribution is -2.19. The molecule has 0 spiro atoms. The largest absolute Gasteiger partial charge is 0.125 e. The van der Waals surface area contributed by atoms with Gasteiger partial charge < -0.3 is 0 Å². The van der Waals surface area contributed by atoms with Gasteiger partial charge in [0.2, 0.25) is 0 Å². The van der Waals surface area contributed by atoms with Crippen LogP contribution in [0.5, 0.6) is 0 Å². The van der Waals surface area contributed by atoms with E-state index < -0.39 is 16.1 Å². The van der Waals surface area contributed by atoms with Gasteiger partial charge in [0.25, 0.3) is 0 Å². The predicted octanol–water partition coefficient (Wildman–Crippen LogP) is 11.2. The van der Waals surface area contributed by atoms with E-state index in [9.17, 15) is 0 Å². The fourth-order valence-corrected chi connectivity index (χ4v) is 12.2. The zero-order valence-electron chi connectivity index (χ0n) is 22.6. The number of rotatable bonds is 8. The van der Waals surface area contributed by atoms with Crippen molar-refractivity contribution in [1.29, 1.82) is 0 Å². The third-order valence-corrected chi connectivity index (χ3v) is 13.4. The maximum Gasteiger partial charge on any atom is 0.0450 e. The van der Waals surface area contributed by atoms with E-state index in [0.717, 1.165) is 0 Å². The summed E-state index contributed by atoms with van der Waals surface area (Å²) in [6, 6.07) is 30.3. The maximum atomic E-state index is 2.49. The molecule has 0 atom stereocenters. The number of thioether (sulfide) groups is 2. The van der Waals surface area contributed by atoms with Gasteiger partial charge in [-0.25, -0.2) is 0 Å². The standard InChI is InChI=1S/C32H38S2Si2/c1-35(2,3)17-15-33-31-27-19-23-11-7-9-13-25(23)21-29(27)32(34-16-18-36(4,5)6)30-22-26-14-10-8-12-24(26)20-28(30)31/h7-14,19-22H,15-18H2,1-6H3. The first-order chi connectivity index (χ1) is 17.1. The molecule has 0 nitrogen and oxygen atoms in total. The summed E-state index contributed by atoms with van der Waals surface area (Å²) in [6.07, 6.45) is 0. The summed E-state index contributed by atoms with van der Waals surface area (Å²) in [5, 5.41) is 11.1. The minimum absolute atomic E-state index is 1.10. The van der Waals surface area contributed by atoms with Crippen molar-refractivity contribution in [2.24, 2.45) is 0 Å². The van der Waals surface area contributed by atoms with E-state index in [1.807, 2.05) is 0 Å². The Morgan fingerprint density at radius 1 is 0.472 bits per heavy atom. The van der Waals surface area contributed by atoms with Crippen molar-refractivity contribution >= 4 is 82.8 Å². The molecule has 0 fully saturated rings. The summed E-state index contributed by atoms with van der Waals surface area (Å²) in [5.41, 5.74) is 0. The summed E-state index contributed by atoms with van der Waals surface area (Å²) < 4.78 is 0. The van der Waals surface area contributed by atoms with Crippen LogP contribution in [-0.4, -0.2) is 27.7 Å². The third kappa shape index (κ3) is 5.72. The Morgan fingerprint density at radius 2 is 0.750 bits per heavy atom. The molecule has 0 N–H and O–H groups in total. The van der Waals surface area contributed by atoms with Crippen molar-refractivity contribution in [3.8, 4) is 0 Å². The molecule has 0 unspecified atom stereocenters. The maximum absolute atomic E-state index is 2.49. The Labute approximate surface area is 227 Å². The van der Waals surface area contributed by atoms with E-state index in [-0.39, 0.29) is 0 Å². The monoisotopic (exact) mass is 542 g/mol. The topological polar surface area (TPSA) is 0 Å². The average Bonchev–Trinajstić information content (AvgIpc) is 2.81. The van der Waals surface area contributed by atoms with Gasteiger partial charge in [0.05, 0.1) is 0 Å². The van der Waals surface area contributed by atoms with Crippen LogP contribution in [0.15, 0.2) is 82.6 Å². The van der Waals surface area contributed by atoms with Crippen LogP contribution in [0.2, 0.25) is 51.4 Å². The molecule has 5 rings (SSSR count). The molecule has 0 saturated carbocycles. The molecule has 0 bridgehead atoms. The van der Waals surface area contributed by atoms with E-state index in [2.05, 4.69) is 136 Å². The average molecular weight is 543 g/mol. The van der Waals surface area contributed by atoms with Gasteiger partial charge in [-0.15, -0.1) is 23.5 Å². The van der Waals surface area contributed by atoms with Crippen LogP contribution in [0, 0.1) is 0 Å². The van der Waals surface area contributed by atoms with Gasteiger partial charge in [-0.05, 0) is 90.9 Å². The predicted molar refractivity (Wildman–Crippen MR) is 174 cm³/mol.